The van der Waals surface area contributed by atoms with Gasteiger partial charge >= 0.3 is 0 Å². The lowest BCUT2D eigenvalue weighted by molar-refractivity contribution is 0.414. The maximum Gasteiger partial charge on any atom is 0.215 e. The Labute approximate surface area is 143 Å². The number of rotatable bonds is 6. The minimum atomic E-state index is -3.41. The van der Waals surface area contributed by atoms with Crippen LogP contribution in [0, 0.1) is 0 Å². The van der Waals surface area contributed by atoms with Crippen LogP contribution in [0.2, 0.25) is 0 Å². The highest BCUT2D eigenvalue weighted by molar-refractivity contribution is 7.88. The number of hydrogen-bond donors (Lipinski definition) is 2. The van der Waals surface area contributed by atoms with E-state index < -0.39 is 10.0 Å². The highest BCUT2D eigenvalue weighted by Crippen LogP contribution is 2.22. The smallest absolute Gasteiger partial charge is 0.215 e. The Morgan fingerprint density at radius 3 is 2.88 bits per heavy atom. The van der Waals surface area contributed by atoms with E-state index in [1.807, 2.05) is 12.1 Å². The summed E-state index contributed by atoms with van der Waals surface area (Å²) in [7, 11) is -1.84. The predicted octanol–water partition coefficient (Wildman–Crippen LogP) is 2.00. The van der Waals surface area contributed by atoms with Crippen molar-refractivity contribution in [3.63, 3.8) is 0 Å². The van der Waals surface area contributed by atoms with Crippen molar-refractivity contribution in [1.82, 2.24) is 10.0 Å². The largest absolute Gasteiger partial charge is 0.497 e. The molecular formula is C18H22N2O3S. The second-order valence-corrected chi connectivity index (χ2v) is 7.72. The average Bonchev–Trinajstić information content (AvgIpc) is 2.60. The molecule has 0 fully saturated rings. The standard InChI is InChI=1S/C18H22N2O3S/c1-23-16-7-4-5-14(11-16)13-24(21,22)20-12-18-17-8-3-2-6-15(17)9-10-19-18/h2-8,11,18-20H,9-10,12-13H2,1H3. The van der Waals surface area contributed by atoms with E-state index in [0.29, 0.717) is 17.9 Å². The maximum atomic E-state index is 12.4. The highest BCUT2D eigenvalue weighted by Gasteiger charge is 2.21. The number of fused-ring (bicyclic) bond motifs is 1. The van der Waals surface area contributed by atoms with Gasteiger partial charge in [-0.2, -0.15) is 0 Å². The van der Waals surface area contributed by atoms with E-state index >= 15 is 0 Å². The molecule has 0 radical (unpaired) electrons. The molecule has 2 aromatic carbocycles. The Morgan fingerprint density at radius 2 is 2.04 bits per heavy atom. The van der Waals surface area contributed by atoms with Gasteiger partial charge in [0.1, 0.15) is 5.75 Å². The second-order valence-electron chi connectivity index (χ2n) is 5.91. The van der Waals surface area contributed by atoms with Crippen LogP contribution in [0.4, 0.5) is 0 Å². The van der Waals surface area contributed by atoms with Crippen molar-refractivity contribution < 1.29 is 13.2 Å². The fourth-order valence-corrected chi connectivity index (χ4v) is 4.16. The third-order valence-corrected chi connectivity index (χ3v) is 5.53. The zero-order chi connectivity index (χ0) is 17.0. The molecule has 1 heterocycles. The number of methoxy groups -OCH3 is 1. The van der Waals surface area contributed by atoms with Gasteiger partial charge in [0.25, 0.3) is 0 Å². The minimum Gasteiger partial charge on any atom is -0.497 e. The third-order valence-electron chi connectivity index (χ3n) is 4.21. The summed E-state index contributed by atoms with van der Waals surface area (Å²) in [6, 6.07) is 15.3. The van der Waals surface area contributed by atoms with E-state index in [2.05, 4.69) is 22.2 Å². The second kappa shape index (κ2) is 7.34. The summed E-state index contributed by atoms with van der Waals surface area (Å²) in [6.07, 6.45) is 0.975. The number of ether oxygens (including phenoxy) is 1. The molecule has 2 N–H and O–H groups in total. The summed E-state index contributed by atoms with van der Waals surface area (Å²) in [5.41, 5.74) is 3.17. The summed E-state index contributed by atoms with van der Waals surface area (Å²) < 4.78 is 32.6. The molecule has 5 nitrogen and oxygen atoms in total. The van der Waals surface area contributed by atoms with Crippen molar-refractivity contribution in [2.45, 2.75) is 18.2 Å². The first-order valence-corrected chi connectivity index (χ1v) is 9.64. The molecule has 6 heteroatoms. The molecule has 128 valence electrons. The fraction of sp³-hybridized carbons (Fsp3) is 0.333. The summed E-state index contributed by atoms with van der Waals surface area (Å²) in [5, 5.41) is 3.38. The molecule has 0 bridgehead atoms. The summed E-state index contributed by atoms with van der Waals surface area (Å²) in [4.78, 5) is 0. The first-order chi connectivity index (χ1) is 11.6. The number of sulfonamides is 1. The fourth-order valence-electron chi connectivity index (χ4n) is 3.02. The molecule has 3 rings (SSSR count). The predicted molar refractivity (Wildman–Crippen MR) is 94.5 cm³/mol. The molecule has 0 saturated heterocycles. The van der Waals surface area contributed by atoms with Gasteiger partial charge in [-0.25, -0.2) is 13.1 Å². The van der Waals surface area contributed by atoms with Crippen LogP contribution in [0.15, 0.2) is 48.5 Å². The van der Waals surface area contributed by atoms with Crippen LogP contribution in [-0.2, 0) is 22.2 Å². The Kier molecular flexibility index (Phi) is 5.18. The van der Waals surface area contributed by atoms with Crippen LogP contribution >= 0.6 is 0 Å². The van der Waals surface area contributed by atoms with Gasteiger partial charge in [0.05, 0.1) is 12.9 Å². The van der Waals surface area contributed by atoms with Crippen LogP contribution in [0.1, 0.15) is 22.7 Å². The summed E-state index contributed by atoms with van der Waals surface area (Å²) in [6.45, 7) is 1.21. The van der Waals surface area contributed by atoms with Gasteiger partial charge in [-0.15, -0.1) is 0 Å². The number of hydrogen-bond acceptors (Lipinski definition) is 4. The molecule has 0 aromatic heterocycles. The van der Waals surface area contributed by atoms with E-state index in [1.54, 1.807) is 31.4 Å². The monoisotopic (exact) mass is 346 g/mol. The minimum absolute atomic E-state index is 0.00929. The Bertz CT molecular complexity index is 805. The molecular weight excluding hydrogens is 324 g/mol. The molecule has 1 aliphatic rings. The average molecular weight is 346 g/mol. The first kappa shape index (κ1) is 17.0. The summed E-state index contributed by atoms with van der Waals surface area (Å²) >= 11 is 0. The van der Waals surface area contributed by atoms with Crippen molar-refractivity contribution in [1.29, 1.82) is 0 Å². The van der Waals surface area contributed by atoms with Crippen LogP contribution in [0.5, 0.6) is 5.75 Å². The van der Waals surface area contributed by atoms with Crippen LogP contribution < -0.4 is 14.8 Å². The molecule has 1 unspecified atom stereocenters. The first-order valence-electron chi connectivity index (χ1n) is 7.99. The lowest BCUT2D eigenvalue weighted by atomic mass is 9.95. The number of benzene rings is 2. The quantitative estimate of drug-likeness (QED) is 0.840. The van der Waals surface area contributed by atoms with Gasteiger partial charge in [0, 0.05) is 12.6 Å². The molecule has 0 aliphatic carbocycles. The third kappa shape index (κ3) is 4.14. The summed E-state index contributed by atoms with van der Waals surface area (Å²) in [5.74, 6) is 0.601. The topological polar surface area (TPSA) is 67.4 Å². The van der Waals surface area contributed by atoms with Gasteiger partial charge in [-0.1, -0.05) is 36.4 Å². The van der Waals surface area contributed by atoms with Gasteiger partial charge < -0.3 is 10.1 Å². The van der Waals surface area contributed by atoms with Crippen LogP contribution in [0.25, 0.3) is 0 Å². The Hall–Kier alpha value is -1.89. The molecule has 0 spiro atoms. The van der Waals surface area contributed by atoms with Gasteiger partial charge in [-0.05, 0) is 41.8 Å². The van der Waals surface area contributed by atoms with Gasteiger partial charge in [0.2, 0.25) is 10.0 Å². The molecule has 0 saturated carbocycles. The van der Waals surface area contributed by atoms with Gasteiger partial charge in [0.15, 0.2) is 0 Å². The van der Waals surface area contributed by atoms with Crippen LogP contribution in [-0.4, -0.2) is 28.6 Å². The lowest BCUT2D eigenvalue weighted by Crippen LogP contribution is -2.39. The molecule has 1 atom stereocenters. The van der Waals surface area contributed by atoms with Crippen molar-refractivity contribution in [2.75, 3.05) is 20.2 Å². The van der Waals surface area contributed by atoms with Crippen molar-refractivity contribution in [3.05, 3.63) is 65.2 Å². The maximum absolute atomic E-state index is 12.4. The van der Waals surface area contributed by atoms with Gasteiger partial charge in [-0.3, -0.25) is 0 Å². The van der Waals surface area contributed by atoms with E-state index in [9.17, 15) is 8.42 Å². The molecule has 1 aliphatic heterocycles. The lowest BCUT2D eigenvalue weighted by Gasteiger charge is -2.27. The van der Waals surface area contributed by atoms with Crippen molar-refractivity contribution >= 4 is 10.0 Å². The number of nitrogens with one attached hydrogen (secondary N) is 2. The Morgan fingerprint density at radius 1 is 1.21 bits per heavy atom. The van der Waals surface area contributed by atoms with Crippen molar-refractivity contribution in [3.8, 4) is 5.75 Å². The zero-order valence-corrected chi connectivity index (χ0v) is 14.5. The normalized spacial score (nSPS) is 17.3. The van der Waals surface area contributed by atoms with E-state index in [-0.39, 0.29) is 11.8 Å². The van der Waals surface area contributed by atoms with Crippen molar-refractivity contribution in [2.24, 2.45) is 0 Å². The Balaban J connectivity index is 1.65. The molecule has 0 amide bonds. The zero-order valence-electron chi connectivity index (χ0n) is 13.7. The van der Waals surface area contributed by atoms with E-state index in [1.165, 1.54) is 11.1 Å². The molecule has 24 heavy (non-hydrogen) atoms. The van der Waals surface area contributed by atoms with E-state index in [0.717, 1.165) is 13.0 Å². The SMILES string of the molecule is COc1cccc(CS(=O)(=O)NCC2NCCc3ccccc32)c1. The molecule has 2 aromatic rings. The highest BCUT2D eigenvalue weighted by atomic mass is 32.2. The van der Waals surface area contributed by atoms with Crippen LogP contribution in [0.3, 0.4) is 0 Å². The van der Waals surface area contributed by atoms with E-state index in [4.69, 9.17) is 4.74 Å².